The van der Waals surface area contributed by atoms with Gasteiger partial charge in [-0.05, 0) is 71.9 Å². The number of thiocarbonyl (C=S) groups is 1. The van der Waals surface area contributed by atoms with E-state index in [-0.39, 0.29) is 0 Å². The van der Waals surface area contributed by atoms with Gasteiger partial charge in [0.2, 0.25) is 0 Å². The zero-order valence-electron chi connectivity index (χ0n) is 9.00. The minimum atomic E-state index is 0.573. The first kappa shape index (κ1) is 12.1. The van der Waals surface area contributed by atoms with E-state index in [0.717, 1.165) is 10.8 Å². The summed E-state index contributed by atoms with van der Waals surface area (Å²) in [5, 5.41) is 7.32. The molecule has 0 bridgehead atoms. The minimum Gasteiger partial charge on any atom is -0.360 e. The molecule has 1 aromatic rings. The van der Waals surface area contributed by atoms with Crippen LogP contribution in [0.15, 0.2) is 24.3 Å². The molecule has 16 heavy (non-hydrogen) atoms. The van der Waals surface area contributed by atoms with Gasteiger partial charge in [-0.25, -0.2) is 0 Å². The van der Waals surface area contributed by atoms with Crippen molar-refractivity contribution in [2.75, 3.05) is 5.32 Å². The Bertz CT molecular complexity index is 358. The molecule has 0 amide bonds. The summed E-state index contributed by atoms with van der Waals surface area (Å²) in [4.78, 5) is 0. The van der Waals surface area contributed by atoms with Gasteiger partial charge in [-0.2, -0.15) is 0 Å². The van der Waals surface area contributed by atoms with Crippen molar-refractivity contribution in [3.05, 3.63) is 27.8 Å². The molecule has 0 spiro atoms. The lowest BCUT2D eigenvalue weighted by atomic mass is 10.2. The SMILES string of the molecule is S=C(Nc1ccc(I)cc1)NC1CCCC1. The Morgan fingerprint density at radius 2 is 1.81 bits per heavy atom. The lowest BCUT2D eigenvalue weighted by Crippen LogP contribution is -2.35. The molecular weight excluding hydrogens is 331 g/mol. The summed E-state index contributed by atoms with van der Waals surface area (Å²) in [6.07, 6.45) is 5.14. The van der Waals surface area contributed by atoms with Crippen LogP contribution in [-0.2, 0) is 0 Å². The molecule has 1 aromatic carbocycles. The molecule has 4 heteroatoms. The van der Waals surface area contributed by atoms with Gasteiger partial charge >= 0.3 is 0 Å². The highest BCUT2D eigenvalue weighted by Crippen LogP contribution is 2.18. The van der Waals surface area contributed by atoms with Crippen molar-refractivity contribution in [2.24, 2.45) is 0 Å². The normalized spacial score (nSPS) is 16.1. The van der Waals surface area contributed by atoms with Gasteiger partial charge in [0.05, 0.1) is 0 Å². The van der Waals surface area contributed by atoms with Crippen LogP contribution in [0.3, 0.4) is 0 Å². The third-order valence-electron chi connectivity index (χ3n) is 2.79. The fourth-order valence-corrected chi connectivity index (χ4v) is 2.60. The van der Waals surface area contributed by atoms with Crippen LogP contribution < -0.4 is 10.6 Å². The third-order valence-corrected chi connectivity index (χ3v) is 3.73. The van der Waals surface area contributed by atoms with E-state index in [4.69, 9.17) is 12.2 Å². The summed E-state index contributed by atoms with van der Waals surface area (Å²) in [5.41, 5.74) is 1.05. The maximum Gasteiger partial charge on any atom is 0.170 e. The van der Waals surface area contributed by atoms with Crippen molar-refractivity contribution in [1.82, 2.24) is 5.32 Å². The first-order chi connectivity index (χ1) is 7.74. The van der Waals surface area contributed by atoms with E-state index in [2.05, 4.69) is 45.4 Å². The van der Waals surface area contributed by atoms with E-state index in [1.807, 2.05) is 12.1 Å². The molecule has 0 atom stereocenters. The highest BCUT2D eigenvalue weighted by molar-refractivity contribution is 14.1. The van der Waals surface area contributed by atoms with Crippen molar-refractivity contribution in [2.45, 2.75) is 31.7 Å². The molecule has 0 heterocycles. The van der Waals surface area contributed by atoms with Crippen molar-refractivity contribution in [3.8, 4) is 0 Å². The molecule has 2 rings (SSSR count). The monoisotopic (exact) mass is 346 g/mol. The molecular formula is C12H15IN2S. The van der Waals surface area contributed by atoms with Crippen LogP contribution in [0.25, 0.3) is 0 Å². The first-order valence-electron chi connectivity index (χ1n) is 5.57. The molecule has 0 aliphatic heterocycles. The van der Waals surface area contributed by atoms with Gasteiger partial charge in [0.25, 0.3) is 0 Å². The predicted octanol–water partition coefficient (Wildman–Crippen LogP) is 3.52. The lowest BCUT2D eigenvalue weighted by molar-refractivity contribution is 0.634. The number of rotatable bonds is 2. The highest BCUT2D eigenvalue weighted by atomic mass is 127. The van der Waals surface area contributed by atoms with E-state index < -0.39 is 0 Å². The highest BCUT2D eigenvalue weighted by Gasteiger charge is 2.15. The summed E-state index contributed by atoms with van der Waals surface area (Å²) < 4.78 is 1.23. The number of hydrogen-bond acceptors (Lipinski definition) is 1. The second-order valence-electron chi connectivity index (χ2n) is 4.09. The average Bonchev–Trinajstić information content (AvgIpc) is 2.74. The Labute approximate surface area is 115 Å². The quantitative estimate of drug-likeness (QED) is 0.633. The molecule has 0 saturated heterocycles. The lowest BCUT2D eigenvalue weighted by Gasteiger charge is -2.15. The smallest absolute Gasteiger partial charge is 0.170 e. The Kier molecular flexibility index (Phi) is 4.40. The van der Waals surface area contributed by atoms with Crippen molar-refractivity contribution >= 4 is 45.6 Å². The maximum atomic E-state index is 5.28. The zero-order valence-corrected chi connectivity index (χ0v) is 12.0. The van der Waals surface area contributed by atoms with Crippen molar-refractivity contribution < 1.29 is 0 Å². The fraction of sp³-hybridized carbons (Fsp3) is 0.417. The maximum absolute atomic E-state index is 5.28. The van der Waals surface area contributed by atoms with Crippen molar-refractivity contribution in [1.29, 1.82) is 0 Å². The van der Waals surface area contributed by atoms with Gasteiger partial charge in [0.15, 0.2) is 5.11 Å². The molecule has 0 unspecified atom stereocenters. The predicted molar refractivity (Wildman–Crippen MR) is 80.8 cm³/mol. The fourth-order valence-electron chi connectivity index (χ4n) is 1.96. The number of benzene rings is 1. The van der Waals surface area contributed by atoms with E-state index in [1.165, 1.54) is 29.3 Å². The second-order valence-corrected chi connectivity index (χ2v) is 5.74. The third kappa shape index (κ3) is 3.59. The van der Waals surface area contributed by atoms with Gasteiger partial charge < -0.3 is 10.6 Å². The molecule has 1 aliphatic rings. The number of hydrogen-bond donors (Lipinski definition) is 2. The molecule has 2 nitrogen and oxygen atoms in total. The Hall–Kier alpha value is -0.360. The van der Waals surface area contributed by atoms with Gasteiger partial charge in [-0.15, -0.1) is 0 Å². The van der Waals surface area contributed by atoms with Crippen LogP contribution in [0.2, 0.25) is 0 Å². The number of nitrogens with one attached hydrogen (secondary N) is 2. The summed E-state index contributed by atoms with van der Waals surface area (Å²) >= 11 is 7.58. The van der Waals surface area contributed by atoms with Gasteiger partial charge in [0.1, 0.15) is 0 Å². The summed E-state index contributed by atoms with van der Waals surface area (Å²) in [7, 11) is 0. The Morgan fingerprint density at radius 3 is 2.44 bits per heavy atom. The van der Waals surface area contributed by atoms with Crippen molar-refractivity contribution in [3.63, 3.8) is 0 Å². The van der Waals surface area contributed by atoms with E-state index in [0.29, 0.717) is 6.04 Å². The topological polar surface area (TPSA) is 24.1 Å². The Morgan fingerprint density at radius 1 is 1.19 bits per heavy atom. The van der Waals surface area contributed by atoms with E-state index in [1.54, 1.807) is 0 Å². The van der Waals surface area contributed by atoms with Crippen LogP contribution in [0.5, 0.6) is 0 Å². The Balaban J connectivity index is 1.84. The first-order valence-corrected chi connectivity index (χ1v) is 7.06. The van der Waals surface area contributed by atoms with Crippen LogP contribution >= 0.6 is 34.8 Å². The summed E-state index contributed by atoms with van der Waals surface area (Å²) in [5.74, 6) is 0. The average molecular weight is 346 g/mol. The largest absolute Gasteiger partial charge is 0.360 e. The summed E-state index contributed by atoms with van der Waals surface area (Å²) in [6, 6.07) is 8.81. The van der Waals surface area contributed by atoms with Crippen LogP contribution in [-0.4, -0.2) is 11.2 Å². The van der Waals surface area contributed by atoms with Gasteiger partial charge in [-0.3, -0.25) is 0 Å². The van der Waals surface area contributed by atoms with Gasteiger partial charge in [0, 0.05) is 15.3 Å². The number of halogens is 1. The standard InChI is InChI=1S/C12H15IN2S/c13-9-5-7-11(8-6-9)15-12(16)14-10-3-1-2-4-10/h5-8,10H,1-4H2,(H2,14,15,16). The summed E-state index contributed by atoms with van der Waals surface area (Å²) in [6.45, 7) is 0. The molecule has 0 radical (unpaired) electrons. The molecule has 1 saturated carbocycles. The van der Waals surface area contributed by atoms with E-state index in [9.17, 15) is 0 Å². The molecule has 0 aromatic heterocycles. The second kappa shape index (κ2) is 5.82. The van der Waals surface area contributed by atoms with Crippen LogP contribution in [0.4, 0.5) is 5.69 Å². The minimum absolute atomic E-state index is 0.573. The van der Waals surface area contributed by atoms with Crippen LogP contribution in [0.1, 0.15) is 25.7 Å². The molecule has 1 fully saturated rings. The molecule has 2 N–H and O–H groups in total. The molecule has 86 valence electrons. The van der Waals surface area contributed by atoms with Gasteiger partial charge in [-0.1, -0.05) is 12.8 Å². The zero-order chi connectivity index (χ0) is 11.4. The molecule has 1 aliphatic carbocycles. The van der Waals surface area contributed by atoms with Crippen LogP contribution in [0, 0.1) is 3.57 Å². The van der Waals surface area contributed by atoms with E-state index >= 15 is 0 Å². The number of anilines is 1.